The van der Waals surface area contributed by atoms with Crippen LogP contribution in [-0.2, 0) is 9.59 Å². The Labute approximate surface area is 241 Å². The van der Waals surface area contributed by atoms with Gasteiger partial charge in [-0.2, -0.15) is 0 Å². The monoisotopic (exact) mass is 560 g/mol. The summed E-state index contributed by atoms with van der Waals surface area (Å²) >= 11 is 5.98. The first-order valence-corrected chi connectivity index (χ1v) is 13.9. The molecule has 0 spiro atoms. The molecule has 3 atom stereocenters. The molecule has 0 aromatic heterocycles. The van der Waals surface area contributed by atoms with Crippen molar-refractivity contribution in [3.05, 3.63) is 101 Å². The van der Waals surface area contributed by atoms with Crippen LogP contribution in [0.5, 0.6) is 0 Å². The molecule has 1 saturated heterocycles. The molecule has 210 valence electrons. The second-order valence-corrected chi connectivity index (χ2v) is 11.8. The Hall–Kier alpha value is -3.84. The van der Waals surface area contributed by atoms with Gasteiger partial charge in [0, 0.05) is 16.2 Å². The summed E-state index contributed by atoms with van der Waals surface area (Å²) in [6.07, 6.45) is 1.01. The number of rotatable bonds is 6. The summed E-state index contributed by atoms with van der Waals surface area (Å²) in [5, 5.41) is 9.24. The van der Waals surface area contributed by atoms with Crippen LogP contribution in [0.3, 0.4) is 0 Å². The first-order valence-electron chi connectivity index (χ1n) is 13.6. The Bertz CT molecular complexity index is 1340. The maximum atomic E-state index is 14.2. The molecule has 1 fully saturated rings. The number of hydrogen-bond donors (Lipinski definition) is 3. The molecule has 7 nitrogen and oxygen atoms in total. The van der Waals surface area contributed by atoms with Gasteiger partial charge in [-0.3, -0.25) is 9.59 Å². The van der Waals surface area contributed by atoms with Crippen LogP contribution in [0.15, 0.2) is 78.9 Å². The third-order valence-corrected chi connectivity index (χ3v) is 7.29. The number of nitrogens with zero attached hydrogens (tertiary/aromatic N) is 1. The molecule has 0 aliphatic carbocycles. The van der Waals surface area contributed by atoms with E-state index in [0.29, 0.717) is 23.6 Å². The summed E-state index contributed by atoms with van der Waals surface area (Å²) in [7, 11) is 0. The zero-order valence-corrected chi connectivity index (χ0v) is 24.2. The Kier molecular flexibility index (Phi) is 9.15. The van der Waals surface area contributed by atoms with Crippen molar-refractivity contribution in [3.8, 4) is 0 Å². The number of amides is 4. The number of halogens is 1. The molecule has 1 aliphatic rings. The van der Waals surface area contributed by atoms with Gasteiger partial charge >= 0.3 is 6.03 Å². The summed E-state index contributed by atoms with van der Waals surface area (Å²) < 4.78 is 0. The van der Waals surface area contributed by atoms with Crippen molar-refractivity contribution in [1.29, 1.82) is 0 Å². The van der Waals surface area contributed by atoms with E-state index in [-0.39, 0.29) is 30.3 Å². The Morgan fingerprint density at radius 2 is 1.57 bits per heavy atom. The lowest BCUT2D eigenvalue weighted by Gasteiger charge is -2.33. The molecule has 4 rings (SSSR count). The summed E-state index contributed by atoms with van der Waals surface area (Å²) in [5.74, 6) is -0.576. The minimum atomic E-state index is -0.840. The number of carbonyl (C=O) groups excluding carboxylic acids is 3. The lowest BCUT2D eigenvalue weighted by atomic mass is 9.84. The van der Waals surface area contributed by atoms with Gasteiger partial charge in [-0.25, -0.2) is 4.79 Å². The Balaban J connectivity index is 1.70. The van der Waals surface area contributed by atoms with Crippen molar-refractivity contribution in [1.82, 2.24) is 15.5 Å². The number of carbonyl (C=O) groups is 3. The van der Waals surface area contributed by atoms with Gasteiger partial charge in [-0.1, -0.05) is 66.2 Å². The molecular weight excluding hydrogens is 524 g/mol. The summed E-state index contributed by atoms with van der Waals surface area (Å²) in [6.45, 7) is 7.66. The van der Waals surface area contributed by atoms with Gasteiger partial charge in [0.25, 0.3) is 0 Å². The van der Waals surface area contributed by atoms with Crippen LogP contribution in [-0.4, -0.2) is 40.9 Å². The number of likely N-dealkylation sites (tertiary alicyclic amines) is 1. The van der Waals surface area contributed by atoms with Crippen LogP contribution in [0.25, 0.3) is 0 Å². The van der Waals surface area contributed by atoms with Crippen molar-refractivity contribution < 1.29 is 14.4 Å². The topological polar surface area (TPSA) is 90.5 Å². The first kappa shape index (κ1) is 29.2. The highest BCUT2D eigenvalue weighted by atomic mass is 35.5. The normalized spacial score (nSPS) is 19.5. The van der Waals surface area contributed by atoms with Crippen molar-refractivity contribution in [2.24, 2.45) is 0 Å². The second kappa shape index (κ2) is 12.6. The van der Waals surface area contributed by atoms with Gasteiger partial charge in [0.05, 0.1) is 6.04 Å². The number of aryl methyl sites for hydroxylation is 1. The van der Waals surface area contributed by atoms with Crippen molar-refractivity contribution in [2.75, 3.05) is 11.9 Å². The van der Waals surface area contributed by atoms with E-state index >= 15 is 0 Å². The molecule has 0 saturated carbocycles. The molecule has 3 aromatic carbocycles. The molecule has 3 N–H and O–H groups in total. The van der Waals surface area contributed by atoms with Gasteiger partial charge in [-0.15, -0.1) is 0 Å². The first-order chi connectivity index (χ1) is 19.0. The lowest BCUT2D eigenvalue weighted by Crippen LogP contribution is -2.53. The smallest absolute Gasteiger partial charge is 0.319 e. The van der Waals surface area contributed by atoms with E-state index in [1.807, 2.05) is 63.2 Å². The van der Waals surface area contributed by atoms with E-state index in [4.69, 9.17) is 11.6 Å². The predicted octanol–water partition coefficient (Wildman–Crippen LogP) is 6.20. The fourth-order valence-corrected chi connectivity index (χ4v) is 5.43. The fraction of sp³-hybridized carbons (Fsp3) is 0.344. The molecule has 1 aliphatic heterocycles. The molecule has 1 heterocycles. The molecule has 0 unspecified atom stereocenters. The minimum absolute atomic E-state index is 0.0353. The highest BCUT2D eigenvalue weighted by Gasteiger charge is 2.40. The molecular formula is C32H37ClN4O3. The Morgan fingerprint density at radius 3 is 2.23 bits per heavy atom. The second-order valence-electron chi connectivity index (χ2n) is 11.4. The molecule has 3 aromatic rings. The van der Waals surface area contributed by atoms with Gasteiger partial charge in [-0.05, 0) is 87.4 Å². The van der Waals surface area contributed by atoms with Crippen LogP contribution in [0.4, 0.5) is 10.5 Å². The number of urea groups is 1. The van der Waals surface area contributed by atoms with Crippen molar-refractivity contribution in [3.63, 3.8) is 0 Å². The van der Waals surface area contributed by atoms with E-state index in [1.54, 1.807) is 29.2 Å². The molecule has 0 radical (unpaired) electrons. The van der Waals surface area contributed by atoms with Crippen molar-refractivity contribution in [2.45, 2.75) is 64.1 Å². The van der Waals surface area contributed by atoms with Crippen LogP contribution < -0.4 is 16.0 Å². The number of benzene rings is 3. The molecule has 8 heteroatoms. The van der Waals surface area contributed by atoms with Crippen LogP contribution in [0.2, 0.25) is 5.02 Å². The quantitative estimate of drug-likeness (QED) is 0.335. The fourth-order valence-electron chi connectivity index (χ4n) is 5.30. The molecule has 4 amide bonds. The maximum absolute atomic E-state index is 14.2. The van der Waals surface area contributed by atoms with Gasteiger partial charge < -0.3 is 20.9 Å². The lowest BCUT2D eigenvalue weighted by molar-refractivity contribution is -0.139. The van der Waals surface area contributed by atoms with E-state index in [2.05, 4.69) is 35.0 Å². The summed E-state index contributed by atoms with van der Waals surface area (Å²) in [6, 6.07) is 23.0. The number of hydrogen-bond acceptors (Lipinski definition) is 3. The third-order valence-electron chi connectivity index (χ3n) is 7.03. The summed E-state index contributed by atoms with van der Waals surface area (Å²) in [5.41, 5.74) is 3.30. The zero-order chi connectivity index (χ0) is 28.9. The van der Waals surface area contributed by atoms with Gasteiger partial charge in [0.1, 0.15) is 12.6 Å². The van der Waals surface area contributed by atoms with E-state index in [0.717, 1.165) is 16.7 Å². The standard InChI is InChI=1S/C32H37ClN4O3/c1-21-10-8-9-13-26(21)23-18-27(35-31(40)34-25-16-14-24(33)15-17-25)30(39)37(20-29(38)36-32(2,3)4)28(19-23)22-11-6-5-7-12-22/h5-17,23,27-28H,18-20H2,1-4H3,(H,36,38)(H2,34,35,40)/t23-,27+,28+/m0/s1. The minimum Gasteiger partial charge on any atom is -0.350 e. The van der Waals surface area contributed by atoms with E-state index in [1.165, 1.54) is 0 Å². The SMILES string of the molecule is Cc1ccccc1[C@@H]1C[C@H](c2ccccc2)N(CC(=O)NC(C)(C)C)C(=O)[C@H](NC(=O)Nc2ccc(Cl)cc2)C1. The zero-order valence-electron chi connectivity index (χ0n) is 23.4. The Morgan fingerprint density at radius 1 is 0.925 bits per heavy atom. The van der Waals surface area contributed by atoms with E-state index < -0.39 is 17.6 Å². The number of nitrogens with one attached hydrogen (secondary N) is 3. The van der Waals surface area contributed by atoms with Crippen LogP contribution in [0.1, 0.15) is 62.3 Å². The highest BCUT2D eigenvalue weighted by molar-refractivity contribution is 6.30. The third kappa shape index (κ3) is 7.63. The average molecular weight is 561 g/mol. The number of anilines is 1. The largest absolute Gasteiger partial charge is 0.350 e. The average Bonchev–Trinajstić information content (AvgIpc) is 3.02. The van der Waals surface area contributed by atoms with Gasteiger partial charge in [0.2, 0.25) is 11.8 Å². The van der Waals surface area contributed by atoms with Crippen molar-refractivity contribution >= 4 is 35.1 Å². The highest BCUT2D eigenvalue weighted by Crippen LogP contribution is 2.40. The molecule has 0 bridgehead atoms. The molecule has 40 heavy (non-hydrogen) atoms. The van der Waals surface area contributed by atoms with Crippen LogP contribution >= 0.6 is 11.6 Å². The van der Waals surface area contributed by atoms with E-state index in [9.17, 15) is 14.4 Å². The maximum Gasteiger partial charge on any atom is 0.319 e. The predicted molar refractivity (Wildman–Crippen MR) is 159 cm³/mol. The van der Waals surface area contributed by atoms with Crippen LogP contribution in [0, 0.1) is 6.92 Å². The summed E-state index contributed by atoms with van der Waals surface area (Å²) in [4.78, 5) is 42.1. The van der Waals surface area contributed by atoms with Gasteiger partial charge in [0.15, 0.2) is 0 Å².